The second-order valence-electron chi connectivity index (χ2n) is 10.7. The number of halogens is 2. The molecule has 5 nitrogen and oxygen atoms in total. The summed E-state index contributed by atoms with van der Waals surface area (Å²) < 4.78 is 0. The Balaban J connectivity index is 1.25. The van der Waals surface area contributed by atoms with Crippen LogP contribution in [0, 0.1) is 5.92 Å². The Morgan fingerprint density at radius 2 is 1.73 bits per heavy atom. The van der Waals surface area contributed by atoms with E-state index in [1.807, 2.05) is 24.3 Å². The Morgan fingerprint density at radius 3 is 2.38 bits per heavy atom. The van der Waals surface area contributed by atoms with Crippen molar-refractivity contribution < 1.29 is 4.79 Å². The molecule has 1 saturated heterocycles. The van der Waals surface area contributed by atoms with Gasteiger partial charge in [-0.3, -0.25) is 4.79 Å². The number of thiophene rings is 1. The van der Waals surface area contributed by atoms with Crippen LogP contribution >= 0.6 is 34.5 Å². The lowest BCUT2D eigenvalue weighted by Gasteiger charge is -2.43. The molecule has 1 aromatic carbocycles. The predicted molar refractivity (Wildman–Crippen MR) is 154 cm³/mol. The van der Waals surface area contributed by atoms with Crippen molar-refractivity contribution >= 4 is 46.3 Å². The molecule has 1 amide bonds. The molecule has 3 aromatic rings. The first-order chi connectivity index (χ1) is 17.8. The zero-order chi connectivity index (χ0) is 26.0. The number of pyridine rings is 1. The minimum atomic E-state index is -0.183. The van der Waals surface area contributed by atoms with Crippen molar-refractivity contribution in [2.75, 3.05) is 31.1 Å². The molecule has 1 aliphatic carbocycles. The number of hydrogen-bond acceptors (Lipinski definition) is 5. The van der Waals surface area contributed by atoms with Crippen molar-refractivity contribution in [2.45, 2.75) is 50.6 Å². The molecule has 8 heteroatoms. The Bertz CT molecular complexity index is 1180. The van der Waals surface area contributed by atoms with E-state index in [2.05, 4.69) is 62.9 Å². The topological polar surface area (TPSA) is 48.5 Å². The number of amides is 1. The van der Waals surface area contributed by atoms with Gasteiger partial charge >= 0.3 is 0 Å². The predicted octanol–water partition coefficient (Wildman–Crippen LogP) is 6.58. The highest BCUT2D eigenvalue weighted by atomic mass is 35.5. The zero-order valence-corrected chi connectivity index (χ0v) is 23.7. The summed E-state index contributed by atoms with van der Waals surface area (Å²) in [5, 5.41) is 9.64. The second-order valence-corrected chi connectivity index (χ2v) is 12.4. The average Bonchev–Trinajstić information content (AvgIpc) is 3.44. The van der Waals surface area contributed by atoms with Crippen molar-refractivity contribution in [1.29, 1.82) is 0 Å². The molecular formula is C29H34Cl2N4OS. The molecule has 2 fully saturated rings. The maximum absolute atomic E-state index is 13.8. The van der Waals surface area contributed by atoms with Crippen molar-refractivity contribution in [3.05, 3.63) is 80.6 Å². The van der Waals surface area contributed by atoms with E-state index in [1.54, 1.807) is 17.5 Å². The van der Waals surface area contributed by atoms with E-state index in [9.17, 15) is 4.79 Å². The lowest BCUT2D eigenvalue weighted by molar-refractivity contribution is -0.137. The third kappa shape index (κ3) is 6.14. The summed E-state index contributed by atoms with van der Waals surface area (Å²) in [5.74, 6) is 1.46. The molecule has 2 aromatic heterocycles. The fourth-order valence-electron chi connectivity index (χ4n) is 5.86. The van der Waals surface area contributed by atoms with Gasteiger partial charge in [0, 0.05) is 54.9 Å². The lowest BCUT2D eigenvalue weighted by Crippen LogP contribution is -2.53. The Labute approximate surface area is 233 Å². The fourth-order valence-corrected chi connectivity index (χ4v) is 6.82. The van der Waals surface area contributed by atoms with E-state index in [-0.39, 0.29) is 17.4 Å². The summed E-state index contributed by atoms with van der Waals surface area (Å²) in [5.41, 5.74) is 2.33. The van der Waals surface area contributed by atoms with Gasteiger partial charge in [0.1, 0.15) is 5.82 Å². The summed E-state index contributed by atoms with van der Waals surface area (Å²) >= 11 is 13.8. The van der Waals surface area contributed by atoms with Gasteiger partial charge < -0.3 is 15.1 Å². The standard InChI is InChI=1S/C29H34Cl2N4OS/c1-29(2,21-3-5-22(30)6-4-21)33-24-8-9-25(26(17-24)20-11-16-37-19-20)28(36)35-14-12-34(13-15-35)27-10-7-23(31)18-32-27/h3-7,10-11,16,18-19,24-26,33H,8-9,12-15,17H2,1-2H3/t24-,25+,26-/m1/s1. The molecule has 37 heavy (non-hydrogen) atoms. The Kier molecular flexibility index (Phi) is 8.10. The molecule has 2 aliphatic rings. The van der Waals surface area contributed by atoms with E-state index in [1.165, 1.54) is 11.1 Å². The highest BCUT2D eigenvalue weighted by molar-refractivity contribution is 7.08. The van der Waals surface area contributed by atoms with E-state index in [0.717, 1.165) is 56.3 Å². The zero-order valence-electron chi connectivity index (χ0n) is 21.4. The molecule has 196 valence electrons. The van der Waals surface area contributed by atoms with Crippen molar-refractivity contribution in [3.63, 3.8) is 0 Å². The Hall–Kier alpha value is -2.12. The van der Waals surface area contributed by atoms with Crippen molar-refractivity contribution in [2.24, 2.45) is 5.92 Å². The molecule has 0 spiro atoms. The molecule has 1 saturated carbocycles. The molecule has 0 unspecified atom stereocenters. The third-order valence-corrected chi connectivity index (χ3v) is 9.07. The number of hydrogen-bond donors (Lipinski definition) is 1. The number of benzene rings is 1. The average molecular weight is 558 g/mol. The van der Waals surface area contributed by atoms with Crippen LogP contribution in [0.5, 0.6) is 0 Å². The van der Waals surface area contributed by atoms with Gasteiger partial charge in [0.05, 0.1) is 5.02 Å². The van der Waals surface area contributed by atoms with Gasteiger partial charge in [0.25, 0.3) is 0 Å². The number of carbonyl (C=O) groups excluding carboxylic acids is 1. The third-order valence-electron chi connectivity index (χ3n) is 7.90. The van der Waals surface area contributed by atoms with Crippen LogP contribution in [0.25, 0.3) is 0 Å². The first-order valence-corrected chi connectivity index (χ1v) is 14.7. The van der Waals surface area contributed by atoms with Crippen LogP contribution in [0.1, 0.15) is 50.2 Å². The van der Waals surface area contributed by atoms with E-state index < -0.39 is 0 Å². The quantitative estimate of drug-likeness (QED) is 0.372. The summed E-state index contributed by atoms with van der Waals surface area (Å²) in [4.78, 5) is 22.6. The van der Waals surface area contributed by atoms with Gasteiger partial charge in [-0.2, -0.15) is 11.3 Å². The number of anilines is 1. The summed E-state index contributed by atoms with van der Waals surface area (Å²) in [6, 6.07) is 14.5. The van der Waals surface area contributed by atoms with Gasteiger partial charge in [-0.15, -0.1) is 0 Å². The van der Waals surface area contributed by atoms with Crippen molar-refractivity contribution in [3.8, 4) is 0 Å². The van der Waals surface area contributed by atoms with Gasteiger partial charge in [0.2, 0.25) is 5.91 Å². The second kappa shape index (κ2) is 11.3. The molecule has 1 N–H and O–H groups in total. The molecule has 0 radical (unpaired) electrons. The van der Waals surface area contributed by atoms with Crippen LogP contribution in [-0.2, 0) is 10.3 Å². The minimum Gasteiger partial charge on any atom is -0.353 e. The van der Waals surface area contributed by atoms with E-state index in [0.29, 0.717) is 17.0 Å². The minimum absolute atomic E-state index is 0.0199. The maximum Gasteiger partial charge on any atom is 0.226 e. The largest absolute Gasteiger partial charge is 0.353 e. The lowest BCUT2D eigenvalue weighted by atomic mass is 9.72. The summed E-state index contributed by atoms with van der Waals surface area (Å²) in [7, 11) is 0. The fraction of sp³-hybridized carbons (Fsp3) is 0.448. The molecule has 3 heterocycles. The SMILES string of the molecule is CC(C)(N[C@@H]1CC[C@H](C(=O)N2CCN(c3ccc(Cl)cn3)CC2)[C@@H](c2ccsc2)C1)c1ccc(Cl)cc1. The normalized spacial score (nSPS) is 22.8. The highest BCUT2D eigenvalue weighted by Gasteiger charge is 2.40. The van der Waals surface area contributed by atoms with E-state index in [4.69, 9.17) is 23.2 Å². The smallest absolute Gasteiger partial charge is 0.226 e. The summed E-state index contributed by atoms with van der Waals surface area (Å²) in [6.45, 7) is 7.47. The number of aromatic nitrogens is 1. The van der Waals surface area contributed by atoms with Gasteiger partial charge in [-0.05, 0) is 91.2 Å². The highest BCUT2D eigenvalue weighted by Crippen LogP contribution is 2.41. The number of nitrogens with zero attached hydrogens (tertiary/aromatic N) is 3. The molecular weight excluding hydrogens is 523 g/mol. The molecule has 1 aliphatic heterocycles. The number of rotatable bonds is 6. The number of carbonyl (C=O) groups is 1. The molecule has 5 rings (SSSR count). The number of piperazine rings is 1. The van der Waals surface area contributed by atoms with Gasteiger partial charge in [-0.1, -0.05) is 35.3 Å². The molecule has 0 bridgehead atoms. The number of nitrogens with one attached hydrogen (secondary N) is 1. The van der Waals surface area contributed by atoms with Gasteiger partial charge in [0.15, 0.2) is 0 Å². The molecule has 3 atom stereocenters. The van der Waals surface area contributed by atoms with Gasteiger partial charge in [-0.25, -0.2) is 4.98 Å². The maximum atomic E-state index is 13.8. The summed E-state index contributed by atoms with van der Waals surface area (Å²) in [6.07, 6.45) is 4.52. The monoisotopic (exact) mass is 556 g/mol. The Morgan fingerprint density at radius 1 is 1.00 bits per heavy atom. The first-order valence-electron chi connectivity index (χ1n) is 13.0. The van der Waals surface area contributed by atoms with E-state index >= 15 is 0 Å². The van der Waals surface area contributed by atoms with Crippen molar-refractivity contribution in [1.82, 2.24) is 15.2 Å². The first kappa shape index (κ1) is 26.5. The van der Waals surface area contributed by atoms with Crippen LogP contribution in [0.2, 0.25) is 10.0 Å². The van der Waals surface area contributed by atoms with Crippen LogP contribution in [-0.4, -0.2) is 48.0 Å². The van der Waals surface area contributed by atoms with Crippen LogP contribution in [0.4, 0.5) is 5.82 Å². The van der Waals surface area contributed by atoms with Crippen LogP contribution in [0.15, 0.2) is 59.4 Å². The van der Waals surface area contributed by atoms with Crippen LogP contribution < -0.4 is 10.2 Å². The van der Waals surface area contributed by atoms with Crippen LogP contribution in [0.3, 0.4) is 0 Å².